The van der Waals surface area contributed by atoms with Gasteiger partial charge in [-0.15, -0.1) is 12.4 Å². The van der Waals surface area contributed by atoms with E-state index in [9.17, 15) is 14.6 Å². The van der Waals surface area contributed by atoms with Crippen molar-refractivity contribution in [3.05, 3.63) is 71.5 Å². The van der Waals surface area contributed by atoms with Crippen LogP contribution in [0.3, 0.4) is 0 Å². The molecule has 4 nitrogen and oxygen atoms in total. The van der Waals surface area contributed by atoms with E-state index in [1.165, 1.54) is 12.1 Å². The monoisotopic (exact) mass is 423 g/mol. The van der Waals surface area contributed by atoms with E-state index < -0.39 is 12.2 Å². The highest BCUT2D eigenvalue weighted by Crippen LogP contribution is 2.30. The smallest absolute Gasteiger partial charge is 0.123 e. The van der Waals surface area contributed by atoms with Crippen LogP contribution in [-0.4, -0.2) is 47.5 Å². The van der Waals surface area contributed by atoms with Crippen LogP contribution in [-0.2, 0) is 4.74 Å². The van der Waals surface area contributed by atoms with Crippen LogP contribution in [0.1, 0.15) is 43.1 Å². The number of hydrogen-bond acceptors (Lipinski definition) is 4. The van der Waals surface area contributed by atoms with Crippen LogP contribution in [0.4, 0.5) is 4.39 Å². The molecule has 6 heteroatoms. The molecule has 2 aromatic rings. The molecule has 2 N–H and O–H groups in total. The van der Waals surface area contributed by atoms with Crippen LogP contribution < -0.4 is 0 Å². The summed E-state index contributed by atoms with van der Waals surface area (Å²) in [6, 6.07) is 16.1. The fourth-order valence-corrected chi connectivity index (χ4v) is 3.81. The lowest BCUT2D eigenvalue weighted by molar-refractivity contribution is -0.0233. The van der Waals surface area contributed by atoms with Crippen LogP contribution in [0.5, 0.6) is 0 Å². The first-order valence-corrected chi connectivity index (χ1v) is 10.0. The van der Waals surface area contributed by atoms with Gasteiger partial charge in [-0.2, -0.15) is 0 Å². The molecule has 3 rings (SSSR count). The second kappa shape index (κ2) is 11.6. The summed E-state index contributed by atoms with van der Waals surface area (Å²) in [6.45, 7) is 4.52. The largest absolute Gasteiger partial charge is 0.389 e. The Labute approximate surface area is 178 Å². The van der Waals surface area contributed by atoms with Gasteiger partial charge in [-0.1, -0.05) is 42.5 Å². The fraction of sp³-hybridized carbons (Fsp3) is 0.478. The highest BCUT2D eigenvalue weighted by Gasteiger charge is 2.27. The van der Waals surface area contributed by atoms with E-state index in [1.807, 2.05) is 37.3 Å². The lowest BCUT2D eigenvalue weighted by atomic mass is 9.87. The molecular formula is C23H31ClFNO3. The third-order valence-corrected chi connectivity index (χ3v) is 5.57. The van der Waals surface area contributed by atoms with Crippen LogP contribution in [0.15, 0.2) is 54.6 Å². The van der Waals surface area contributed by atoms with E-state index in [0.29, 0.717) is 13.2 Å². The molecule has 160 valence electrons. The molecular weight excluding hydrogens is 393 g/mol. The molecule has 1 fully saturated rings. The third-order valence-electron chi connectivity index (χ3n) is 5.57. The Kier molecular flexibility index (Phi) is 9.53. The molecule has 3 atom stereocenters. The van der Waals surface area contributed by atoms with Crippen molar-refractivity contribution in [3.8, 4) is 0 Å². The average Bonchev–Trinajstić information content (AvgIpc) is 2.73. The number of nitrogens with zero attached hydrogens (tertiary/aromatic N) is 1. The van der Waals surface area contributed by atoms with E-state index in [4.69, 9.17) is 4.74 Å². The second-order valence-electron chi connectivity index (χ2n) is 7.67. The van der Waals surface area contributed by atoms with Crippen molar-refractivity contribution in [2.24, 2.45) is 5.92 Å². The van der Waals surface area contributed by atoms with Gasteiger partial charge in [0.15, 0.2) is 0 Å². The Morgan fingerprint density at radius 2 is 1.62 bits per heavy atom. The average molecular weight is 424 g/mol. The minimum atomic E-state index is -0.567. The summed E-state index contributed by atoms with van der Waals surface area (Å²) in [5, 5.41) is 20.9. The molecule has 0 saturated carbocycles. The van der Waals surface area contributed by atoms with E-state index in [-0.39, 0.29) is 30.2 Å². The molecule has 2 aromatic carbocycles. The van der Waals surface area contributed by atoms with Crippen molar-refractivity contribution >= 4 is 12.4 Å². The molecule has 29 heavy (non-hydrogen) atoms. The van der Waals surface area contributed by atoms with Gasteiger partial charge in [0.05, 0.1) is 24.9 Å². The van der Waals surface area contributed by atoms with E-state index in [1.54, 1.807) is 12.1 Å². The number of aliphatic hydroxyl groups excluding tert-OH is 2. The first-order chi connectivity index (χ1) is 13.5. The number of aliphatic hydroxyl groups is 2. The molecule has 1 heterocycles. The van der Waals surface area contributed by atoms with Gasteiger partial charge in [0.25, 0.3) is 0 Å². The number of rotatable bonds is 8. The van der Waals surface area contributed by atoms with Crippen molar-refractivity contribution in [1.82, 2.24) is 4.90 Å². The van der Waals surface area contributed by atoms with Crippen molar-refractivity contribution in [1.29, 1.82) is 0 Å². The fourth-order valence-electron chi connectivity index (χ4n) is 3.81. The maximum Gasteiger partial charge on any atom is 0.123 e. The first kappa shape index (κ1) is 23.8. The number of ether oxygens (including phenoxy) is 1. The van der Waals surface area contributed by atoms with Gasteiger partial charge in [-0.3, -0.25) is 0 Å². The molecule has 1 aliphatic heterocycles. The summed E-state index contributed by atoms with van der Waals surface area (Å²) >= 11 is 0. The van der Waals surface area contributed by atoms with Gasteiger partial charge < -0.3 is 19.8 Å². The highest BCUT2D eigenvalue weighted by atomic mass is 35.5. The van der Waals surface area contributed by atoms with Gasteiger partial charge in [0, 0.05) is 6.54 Å². The van der Waals surface area contributed by atoms with Gasteiger partial charge in [0.2, 0.25) is 0 Å². The Morgan fingerprint density at radius 1 is 1.00 bits per heavy atom. The van der Waals surface area contributed by atoms with Crippen LogP contribution in [0, 0.1) is 11.7 Å². The molecule has 0 aliphatic carbocycles. The summed E-state index contributed by atoms with van der Waals surface area (Å²) in [6.07, 6.45) is 0.555. The Balaban J connectivity index is 0.00000300. The zero-order valence-corrected chi connectivity index (χ0v) is 17.6. The predicted octanol–water partition coefficient (Wildman–Crippen LogP) is 4.13. The summed E-state index contributed by atoms with van der Waals surface area (Å²) in [5.74, 6) is -0.128. The quantitative estimate of drug-likeness (QED) is 0.670. The topological polar surface area (TPSA) is 52.9 Å². The minimum Gasteiger partial charge on any atom is -0.389 e. The zero-order valence-electron chi connectivity index (χ0n) is 16.8. The number of halogens is 2. The lowest BCUT2D eigenvalue weighted by Crippen LogP contribution is -2.41. The van der Waals surface area contributed by atoms with Crippen LogP contribution in [0.2, 0.25) is 0 Å². The Hall–Kier alpha value is -1.50. The number of benzene rings is 2. The summed E-state index contributed by atoms with van der Waals surface area (Å²) in [5.41, 5.74) is 1.87. The lowest BCUT2D eigenvalue weighted by Gasteiger charge is -2.35. The summed E-state index contributed by atoms with van der Waals surface area (Å²) < 4.78 is 18.9. The number of piperidine rings is 1. The first-order valence-electron chi connectivity index (χ1n) is 10.0. The maximum atomic E-state index is 13.1. The minimum absolute atomic E-state index is 0. The van der Waals surface area contributed by atoms with Crippen molar-refractivity contribution in [2.75, 3.05) is 26.2 Å². The SMILES string of the molecule is CC(OCC(O)CN1CCC(C(O)c2ccc(F)cc2)CC1)c1ccccc1.Cl. The Bertz CT molecular complexity index is 708. The molecule has 0 bridgehead atoms. The number of hydrogen-bond donors (Lipinski definition) is 2. The molecule has 0 amide bonds. The highest BCUT2D eigenvalue weighted by molar-refractivity contribution is 5.85. The summed E-state index contributed by atoms with van der Waals surface area (Å²) in [4.78, 5) is 2.22. The van der Waals surface area contributed by atoms with E-state index >= 15 is 0 Å². The van der Waals surface area contributed by atoms with Crippen molar-refractivity contribution < 1.29 is 19.3 Å². The normalized spacial score (nSPS) is 18.6. The molecule has 0 aromatic heterocycles. The zero-order chi connectivity index (χ0) is 19.9. The van der Waals surface area contributed by atoms with Crippen molar-refractivity contribution in [3.63, 3.8) is 0 Å². The molecule has 0 radical (unpaired) electrons. The van der Waals surface area contributed by atoms with Gasteiger partial charge in [-0.25, -0.2) is 4.39 Å². The molecule has 1 aliphatic rings. The Morgan fingerprint density at radius 3 is 2.24 bits per heavy atom. The van der Waals surface area contributed by atoms with E-state index in [2.05, 4.69) is 4.90 Å². The molecule has 0 spiro atoms. The van der Waals surface area contributed by atoms with Gasteiger partial charge >= 0.3 is 0 Å². The maximum absolute atomic E-state index is 13.1. The number of likely N-dealkylation sites (tertiary alicyclic amines) is 1. The van der Waals surface area contributed by atoms with E-state index in [0.717, 1.165) is 37.1 Å². The van der Waals surface area contributed by atoms with Crippen LogP contribution in [0.25, 0.3) is 0 Å². The predicted molar refractivity (Wildman–Crippen MR) is 115 cm³/mol. The van der Waals surface area contributed by atoms with Gasteiger partial charge in [-0.05, 0) is 62.0 Å². The summed E-state index contributed by atoms with van der Waals surface area (Å²) in [7, 11) is 0. The standard InChI is InChI=1S/C23H30FNO3.ClH/c1-17(18-5-3-2-4-6-18)28-16-22(26)15-25-13-11-20(12-14-25)23(27)19-7-9-21(24)10-8-19;/h2-10,17,20,22-23,26-27H,11-16H2,1H3;1H. The second-order valence-corrected chi connectivity index (χ2v) is 7.67. The van der Waals surface area contributed by atoms with Crippen LogP contribution >= 0.6 is 12.4 Å². The third kappa shape index (κ3) is 7.05. The van der Waals surface area contributed by atoms with Crippen molar-refractivity contribution in [2.45, 2.75) is 38.1 Å². The molecule has 3 unspecified atom stereocenters. The number of β-amino-alcohol motifs (C(OH)–C–C–N with tert-alkyl or cyclic N) is 1. The molecule has 1 saturated heterocycles. The van der Waals surface area contributed by atoms with Gasteiger partial charge in [0.1, 0.15) is 5.82 Å².